The van der Waals surface area contributed by atoms with Gasteiger partial charge in [-0.05, 0) is 49.5 Å². The Morgan fingerprint density at radius 2 is 1.69 bits per heavy atom. The fraction of sp³-hybridized carbons (Fsp3) is 0.667. The fourth-order valence-electron chi connectivity index (χ4n) is 9.19. The first-order chi connectivity index (χ1) is 25.0. The predicted octanol–water partition coefficient (Wildman–Crippen LogP) is 2.15. The zero-order chi connectivity index (χ0) is 40.3. The molecular weight excluding hydrogens is 706 g/mol. The van der Waals surface area contributed by atoms with Crippen LogP contribution in [0.2, 0.25) is 0 Å². The van der Waals surface area contributed by atoms with E-state index >= 15 is 0 Å². The normalized spacial score (nSPS) is 35.4. The lowest BCUT2D eigenvalue weighted by Gasteiger charge is -2.67. The van der Waals surface area contributed by atoms with Crippen LogP contribution in [0.25, 0.3) is 0 Å². The molecule has 1 aliphatic heterocycles. The summed E-state index contributed by atoms with van der Waals surface area (Å²) in [6.07, 6.45) is -11.2. The van der Waals surface area contributed by atoms with E-state index in [1.165, 1.54) is 26.0 Å². The lowest BCUT2D eigenvalue weighted by atomic mass is 9.44. The summed E-state index contributed by atoms with van der Waals surface area (Å²) in [5, 5.41) is 51.0. The highest BCUT2D eigenvalue weighted by atomic mass is 16.6. The third-order valence-corrected chi connectivity index (χ3v) is 12.2. The molecule has 5 rings (SSSR count). The minimum Gasteiger partial charge on any atom is -0.456 e. The Morgan fingerprint density at radius 1 is 1.06 bits per heavy atom. The second-order valence-electron chi connectivity index (χ2n) is 16.7. The number of carbonyl (C=O) groups is 5. The molecule has 1 aromatic rings. The number of Topliss-reactive ketones (excluding diaryl/α,β-unsaturated/α-hetero) is 1. The van der Waals surface area contributed by atoms with Crippen LogP contribution in [-0.2, 0) is 38.1 Å². The van der Waals surface area contributed by atoms with Crippen molar-refractivity contribution in [2.24, 2.45) is 22.2 Å². The van der Waals surface area contributed by atoms with Gasteiger partial charge in [-0.3, -0.25) is 9.59 Å². The summed E-state index contributed by atoms with van der Waals surface area (Å²) < 4.78 is 28.9. The van der Waals surface area contributed by atoms with Crippen LogP contribution in [0.1, 0.15) is 85.5 Å². The van der Waals surface area contributed by atoms with Gasteiger partial charge in [-0.15, -0.1) is 0 Å². The van der Waals surface area contributed by atoms with Crippen molar-refractivity contribution < 1.29 is 68.1 Å². The number of alkyl carbamates (subject to hydrolysis) is 1. The number of hydrogen-bond acceptors (Lipinski definition) is 14. The second kappa shape index (κ2) is 14.3. The molecule has 1 unspecified atom stereocenters. The van der Waals surface area contributed by atoms with Crippen LogP contribution in [0.3, 0.4) is 0 Å². The highest BCUT2D eigenvalue weighted by Gasteiger charge is 2.78. The van der Waals surface area contributed by atoms with E-state index < -0.39 is 112 Å². The highest BCUT2D eigenvalue weighted by molar-refractivity contribution is 5.94. The van der Waals surface area contributed by atoms with Crippen molar-refractivity contribution in [3.05, 3.63) is 47.0 Å². The lowest BCUT2D eigenvalue weighted by Crippen LogP contribution is -2.81. The maximum Gasteiger partial charge on any atom is 0.407 e. The summed E-state index contributed by atoms with van der Waals surface area (Å²) >= 11 is 0. The van der Waals surface area contributed by atoms with Gasteiger partial charge in [-0.2, -0.15) is 0 Å². The third kappa shape index (κ3) is 6.51. The van der Waals surface area contributed by atoms with E-state index in [2.05, 4.69) is 5.32 Å². The summed E-state index contributed by atoms with van der Waals surface area (Å²) in [6.45, 7) is 13.5. The van der Waals surface area contributed by atoms with Crippen molar-refractivity contribution in [2.45, 2.75) is 129 Å². The quantitative estimate of drug-likeness (QED) is 0.146. The first kappa shape index (κ1) is 41.3. The number of amides is 1. The fourth-order valence-corrected chi connectivity index (χ4v) is 9.19. The third-order valence-electron chi connectivity index (χ3n) is 12.2. The maximum absolute atomic E-state index is 14.9. The standard InChI is InChI=1S/C39H53NO14/c1-10-50-34(48)40-29(35(4,5)6)27(44)33(47)52-22-17-39(49)31(53-32(46)21-14-12-11-13-15-21)28-37(9,30(45)26(43)25(19(22)2)36(39,7)8)23(42)16-24-38(28,18-51-24)54-20(3)41/h11-15,22-24,26-29,31,42-44,49H,10,16-18H2,1-9H3,(H,40,48)/t22-,23-,24?,26+,27+,28-,29+,31-,37+,38-,39+/m0/s1. The molecule has 0 aromatic heterocycles. The van der Waals surface area contributed by atoms with Crippen LogP contribution in [0, 0.1) is 22.2 Å². The lowest BCUT2D eigenvalue weighted by molar-refractivity contribution is -0.346. The molecule has 5 N–H and O–H groups in total. The van der Waals surface area contributed by atoms with Gasteiger partial charge in [0.1, 0.15) is 30.0 Å². The summed E-state index contributed by atoms with van der Waals surface area (Å²) in [6, 6.07) is 6.65. The Labute approximate surface area is 314 Å². The van der Waals surface area contributed by atoms with Crippen LogP contribution >= 0.6 is 0 Å². The summed E-state index contributed by atoms with van der Waals surface area (Å²) in [4.78, 5) is 67.9. The molecule has 54 heavy (non-hydrogen) atoms. The number of nitrogens with one attached hydrogen (secondary N) is 1. The Bertz CT molecular complexity index is 1700. The molecule has 1 saturated heterocycles. The average molecular weight is 760 g/mol. The number of esters is 3. The van der Waals surface area contributed by atoms with Gasteiger partial charge in [0.2, 0.25) is 0 Å². The van der Waals surface area contributed by atoms with Crippen molar-refractivity contribution in [1.29, 1.82) is 0 Å². The Kier molecular flexibility index (Phi) is 10.9. The van der Waals surface area contributed by atoms with Gasteiger partial charge in [0.25, 0.3) is 0 Å². The van der Waals surface area contributed by atoms with E-state index in [1.807, 2.05) is 0 Å². The topological polar surface area (TPSA) is 224 Å². The van der Waals surface area contributed by atoms with Crippen molar-refractivity contribution in [3.8, 4) is 0 Å². The van der Waals surface area contributed by atoms with E-state index in [1.54, 1.807) is 59.7 Å². The Hall–Kier alpha value is -3.89. The number of benzene rings is 1. The van der Waals surface area contributed by atoms with Gasteiger partial charge in [0.15, 0.2) is 17.5 Å². The van der Waals surface area contributed by atoms with Crippen LogP contribution in [0.4, 0.5) is 4.79 Å². The van der Waals surface area contributed by atoms with Crippen molar-refractivity contribution in [3.63, 3.8) is 0 Å². The first-order valence-corrected chi connectivity index (χ1v) is 18.2. The first-order valence-electron chi connectivity index (χ1n) is 18.2. The molecule has 0 radical (unpaired) electrons. The summed E-state index contributed by atoms with van der Waals surface area (Å²) in [5.41, 5.74) is -8.33. The van der Waals surface area contributed by atoms with E-state index in [4.69, 9.17) is 23.7 Å². The molecule has 4 aliphatic rings. The smallest absolute Gasteiger partial charge is 0.407 e. The van der Waals surface area contributed by atoms with Crippen LogP contribution in [0.15, 0.2) is 41.5 Å². The molecule has 11 atom stereocenters. The van der Waals surface area contributed by atoms with E-state index in [-0.39, 0.29) is 36.3 Å². The zero-order valence-electron chi connectivity index (χ0n) is 32.2. The van der Waals surface area contributed by atoms with E-state index in [0.717, 1.165) is 6.92 Å². The molecule has 2 bridgehead atoms. The Morgan fingerprint density at radius 3 is 2.22 bits per heavy atom. The minimum atomic E-state index is -2.33. The molecule has 15 heteroatoms. The molecule has 1 heterocycles. The number of hydrogen-bond donors (Lipinski definition) is 5. The average Bonchev–Trinajstić information content (AvgIpc) is 3.08. The van der Waals surface area contributed by atoms with Gasteiger partial charge >= 0.3 is 24.0 Å². The molecule has 2 saturated carbocycles. The minimum absolute atomic E-state index is 0.0339. The SMILES string of the molecule is CCOC(=O)N[C@H]([C@@H](O)C(=O)O[C@H]1C[C@@]2(O)[C@@H](OC(=O)c3ccccc3)[C@H]3[C@](C)(C(=O)[C@H](O)C(=C1C)C2(C)C)[C@@H](O)CC1OC[C@]13OC(C)=O)C(C)(C)C. The monoisotopic (exact) mass is 759 g/mol. The number of ether oxygens (including phenoxy) is 5. The molecule has 1 aromatic carbocycles. The summed E-state index contributed by atoms with van der Waals surface area (Å²) in [5.74, 6) is -5.28. The van der Waals surface area contributed by atoms with Crippen LogP contribution in [-0.4, -0.2) is 117 Å². The van der Waals surface area contributed by atoms with E-state index in [0.29, 0.717) is 0 Å². The second-order valence-corrected chi connectivity index (χ2v) is 16.7. The van der Waals surface area contributed by atoms with Crippen molar-refractivity contribution >= 4 is 29.8 Å². The van der Waals surface area contributed by atoms with Gasteiger partial charge in [0, 0.05) is 25.2 Å². The highest BCUT2D eigenvalue weighted by Crippen LogP contribution is 2.64. The molecule has 3 aliphatic carbocycles. The molecule has 3 fully saturated rings. The molecule has 1 amide bonds. The van der Waals surface area contributed by atoms with Crippen molar-refractivity contribution in [1.82, 2.24) is 5.32 Å². The molecule has 15 nitrogen and oxygen atoms in total. The number of ketones is 1. The Balaban J connectivity index is 1.70. The largest absolute Gasteiger partial charge is 0.456 e. The summed E-state index contributed by atoms with van der Waals surface area (Å²) in [7, 11) is 0. The number of aliphatic hydroxyl groups excluding tert-OH is 3. The van der Waals surface area contributed by atoms with Gasteiger partial charge < -0.3 is 49.4 Å². The molecule has 298 valence electrons. The number of rotatable bonds is 8. The number of fused-ring (bicyclic) bond motifs is 5. The zero-order valence-corrected chi connectivity index (χ0v) is 32.2. The van der Waals surface area contributed by atoms with Gasteiger partial charge in [-0.25, -0.2) is 14.4 Å². The van der Waals surface area contributed by atoms with Crippen molar-refractivity contribution in [2.75, 3.05) is 13.2 Å². The van der Waals surface area contributed by atoms with E-state index in [9.17, 15) is 44.4 Å². The molecule has 0 spiro atoms. The number of carbonyl (C=O) groups excluding carboxylic acids is 5. The van der Waals surface area contributed by atoms with Crippen LogP contribution in [0.5, 0.6) is 0 Å². The maximum atomic E-state index is 14.9. The number of aliphatic hydroxyl groups is 4. The van der Waals surface area contributed by atoms with Crippen LogP contribution < -0.4 is 5.32 Å². The predicted molar refractivity (Wildman–Crippen MR) is 188 cm³/mol. The van der Waals surface area contributed by atoms with Gasteiger partial charge in [0.05, 0.1) is 42.3 Å². The van der Waals surface area contributed by atoms with Gasteiger partial charge in [-0.1, -0.05) is 52.8 Å². The molecular formula is C39H53NO14.